The molecular formula is C24H20N6O4. The second-order valence-corrected chi connectivity index (χ2v) is 7.83. The molecule has 1 saturated heterocycles. The van der Waals surface area contributed by atoms with E-state index in [2.05, 4.69) is 15.8 Å². The molecular weight excluding hydrogens is 436 g/mol. The van der Waals surface area contributed by atoms with E-state index in [4.69, 9.17) is 0 Å². The van der Waals surface area contributed by atoms with Gasteiger partial charge in [0.1, 0.15) is 0 Å². The zero-order valence-corrected chi connectivity index (χ0v) is 18.0. The van der Waals surface area contributed by atoms with Gasteiger partial charge in [0, 0.05) is 30.3 Å². The van der Waals surface area contributed by atoms with Crippen molar-refractivity contribution in [3.63, 3.8) is 0 Å². The molecule has 3 amide bonds. The summed E-state index contributed by atoms with van der Waals surface area (Å²) in [4.78, 5) is 48.9. The number of fused-ring (bicyclic) bond motifs is 1. The standard InChI is InChI=1S/C24H20N6O4/c31-21-11-12-22(32)30(27-21)19-9-7-17(8-10-19)23(33)25-18-5-3-4-16(14-18)15-29-24(34)28-13-2-1-6-20(28)26-29/h1-10,13-14H,11-12,15H2,(H,25,33)(H,27,31). The van der Waals surface area contributed by atoms with Gasteiger partial charge >= 0.3 is 5.69 Å². The van der Waals surface area contributed by atoms with E-state index in [0.29, 0.717) is 22.6 Å². The van der Waals surface area contributed by atoms with Crippen molar-refractivity contribution < 1.29 is 14.4 Å². The second-order valence-electron chi connectivity index (χ2n) is 7.83. The summed E-state index contributed by atoms with van der Waals surface area (Å²) in [6.07, 6.45) is 1.98. The van der Waals surface area contributed by atoms with E-state index in [0.717, 1.165) is 5.56 Å². The van der Waals surface area contributed by atoms with Gasteiger partial charge in [-0.25, -0.2) is 14.5 Å². The Morgan fingerprint density at radius 1 is 0.971 bits per heavy atom. The first-order valence-electron chi connectivity index (χ1n) is 10.6. The minimum atomic E-state index is -0.331. The SMILES string of the molecule is O=C1CCC(=O)N(c2ccc(C(=O)Nc3cccc(Cn4nc5ccccn5c4=O)c3)cc2)N1. The van der Waals surface area contributed by atoms with Gasteiger partial charge in [-0.15, -0.1) is 5.10 Å². The molecule has 0 spiro atoms. The fourth-order valence-corrected chi connectivity index (χ4v) is 3.74. The fourth-order valence-electron chi connectivity index (χ4n) is 3.74. The van der Waals surface area contributed by atoms with Crippen LogP contribution >= 0.6 is 0 Å². The number of carbonyl (C=O) groups is 3. The quantitative estimate of drug-likeness (QED) is 0.476. The molecule has 4 aromatic rings. The van der Waals surface area contributed by atoms with E-state index in [1.165, 1.54) is 14.1 Å². The van der Waals surface area contributed by atoms with E-state index in [1.54, 1.807) is 60.8 Å². The van der Waals surface area contributed by atoms with Crippen LogP contribution in [0.25, 0.3) is 5.65 Å². The number of anilines is 2. The van der Waals surface area contributed by atoms with Crippen molar-refractivity contribution in [2.45, 2.75) is 19.4 Å². The number of rotatable bonds is 5. The van der Waals surface area contributed by atoms with Gasteiger partial charge < -0.3 is 5.32 Å². The van der Waals surface area contributed by atoms with Crippen LogP contribution in [0.4, 0.5) is 11.4 Å². The minimum absolute atomic E-state index is 0.144. The highest BCUT2D eigenvalue weighted by Crippen LogP contribution is 2.19. The van der Waals surface area contributed by atoms with Crippen LogP contribution in [0.5, 0.6) is 0 Å². The molecule has 2 aromatic carbocycles. The van der Waals surface area contributed by atoms with E-state index >= 15 is 0 Å². The Hall–Kier alpha value is -4.73. The molecule has 10 heteroatoms. The molecule has 1 aliphatic rings. The third-order valence-corrected chi connectivity index (χ3v) is 5.45. The van der Waals surface area contributed by atoms with Crippen molar-refractivity contribution in [2.75, 3.05) is 10.3 Å². The number of aromatic nitrogens is 3. The third-order valence-electron chi connectivity index (χ3n) is 5.45. The molecule has 2 N–H and O–H groups in total. The number of hydrogen-bond donors (Lipinski definition) is 2. The van der Waals surface area contributed by atoms with E-state index in [1.807, 2.05) is 12.1 Å². The first-order chi connectivity index (χ1) is 16.5. The summed E-state index contributed by atoms with van der Waals surface area (Å²) in [5, 5.41) is 8.36. The van der Waals surface area contributed by atoms with Crippen molar-refractivity contribution >= 4 is 34.7 Å². The molecule has 0 bridgehead atoms. The molecule has 0 radical (unpaired) electrons. The third kappa shape index (κ3) is 4.16. The smallest absolute Gasteiger partial charge is 0.322 e. The molecule has 0 aliphatic carbocycles. The Balaban J connectivity index is 1.29. The maximum Gasteiger partial charge on any atom is 0.350 e. The van der Waals surface area contributed by atoms with Crippen LogP contribution in [-0.4, -0.2) is 31.9 Å². The first kappa shape index (κ1) is 21.1. The van der Waals surface area contributed by atoms with Crippen LogP contribution in [0.2, 0.25) is 0 Å². The molecule has 1 fully saturated rings. The van der Waals surface area contributed by atoms with Crippen molar-refractivity contribution in [1.82, 2.24) is 19.6 Å². The minimum Gasteiger partial charge on any atom is -0.322 e. The number of nitrogens with one attached hydrogen (secondary N) is 2. The number of pyridine rings is 1. The topological polar surface area (TPSA) is 118 Å². The number of amides is 3. The Morgan fingerprint density at radius 2 is 1.79 bits per heavy atom. The van der Waals surface area contributed by atoms with Crippen molar-refractivity contribution in [3.8, 4) is 0 Å². The summed E-state index contributed by atoms with van der Waals surface area (Å²) in [5.74, 6) is -0.770. The van der Waals surface area contributed by atoms with Crippen LogP contribution in [0.3, 0.4) is 0 Å². The number of hydrogen-bond acceptors (Lipinski definition) is 5. The van der Waals surface area contributed by atoms with Gasteiger partial charge in [0.15, 0.2) is 5.65 Å². The van der Waals surface area contributed by atoms with Crippen molar-refractivity contribution in [2.24, 2.45) is 0 Å². The predicted molar refractivity (Wildman–Crippen MR) is 124 cm³/mol. The highest BCUT2D eigenvalue weighted by atomic mass is 16.2. The summed E-state index contributed by atoms with van der Waals surface area (Å²) < 4.78 is 2.84. The van der Waals surface area contributed by atoms with E-state index < -0.39 is 0 Å². The van der Waals surface area contributed by atoms with Crippen LogP contribution in [0, 0.1) is 0 Å². The zero-order valence-electron chi connectivity index (χ0n) is 18.0. The van der Waals surface area contributed by atoms with Gasteiger partial charge in [-0.05, 0) is 54.1 Å². The summed E-state index contributed by atoms with van der Waals surface area (Å²) in [7, 11) is 0. The lowest BCUT2D eigenvalue weighted by Crippen LogP contribution is -2.50. The molecule has 34 heavy (non-hydrogen) atoms. The second kappa shape index (κ2) is 8.66. The molecule has 3 heterocycles. The molecule has 170 valence electrons. The molecule has 0 saturated carbocycles. The van der Waals surface area contributed by atoms with Gasteiger partial charge in [0.25, 0.3) is 5.91 Å². The maximum absolute atomic E-state index is 12.7. The van der Waals surface area contributed by atoms with Gasteiger partial charge in [0.05, 0.1) is 12.2 Å². The number of benzene rings is 2. The van der Waals surface area contributed by atoms with Gasteiger partial charge in [-0.2, -0.15) is 0 Å². The Morgan fingerprint density at radius 3 is 2.59 bits per heavy atom. The molecule has 10 nitrogen and oxygen atoms in total. The van der Waals surface area contributed by atoms with Crippen LogP contribution < -0.4 is 21.4 Å². The van der Waals surface area contributed by atoms with Gasteiger partial charge in [-0.1, -0.05) is 18.2 Å². The average molecular weight is 456 g/mol. The lowest BCUT2D eigenvalue weighted by molar-refractivity contribution is -0.130. The summed E-state index contributed by atoms with van der Waals surface area (Å²) in [6, 6.07) is 18.9. The summed E-state index contributed by atoms with van der Waals surface area (Å²) >= 11 is 0. The van der Waals surface area contributed by atoms with Crippen LogP contribution in [-0.2, 0) is 16.1 Å². The Kier molecular flexibility index (Phi) is 5.38. The lowest BCUT2D eigenvalue weighted by Gasteiger charge is -2.27. The average Bonchev–Trinajstić information content (AvgIpc) is 3.16. The zero-order chi connectivity index (χ0) is 23.7. The lowest BCUT2D eigenvalue weighted by atomic mass is 10.1. The first-order valence-corrected chi connectivity index (χ1v) is 10.6. The maximum atomic E-state index is 12.7. The normalized spacial score (nSPS) is 13.7. The fraction of sp³-hybridized carbons (Fsp3) is 0.125. The molecule has 5 rings (SSSR count). The number of nitrogens with zero attached hydrogens (tertiary/aromatic N) is 4. The van der Waals surface area contributed by atoms with E-state index in [9.17, 15) is 19.2 Å². The summed E-state index contributed by atoms with van der Waals surface area (Å²) in [6.45, 7) is 0.258. The van der Waals surface area contributed by atoms with Crippen molar-refractivity contribution in [1.29, 1.82) is 0 Å². The molecule has 0 atom stereocenters. The highest BCUT2D eigenvalue weighted by Gasteiger charge is 2.24. The molecule has 1 aliphatic heterocycles. The monoisotopic (exact) mass is 456 g/mol. The summed E-state index contributed by atoms with van der Waals surface area (Å²) in [5.41, 5.74) is 5.09. The predicted octanol–water partition coefficient (Wildman–Crippen LogP) is 1.95. The van der Waals surface area contributed by atoms with Crippen molar-refractivity contribution in [3.05, 3.63) is 94.5 Å². The van der Waals surface area contributed by atoms with Crippen LogP contribution in [0.15, 0.2) is 77.7 Å². The highest BCUT2D eigenvalue weighted by molar-refractivity contribution is 6.05. The van der Waals surface area contributed by atoms with Gasteiger partial charge in [-0.3, -0.25) is 24.2 Å². The van der Waals surface area contributed by atoms with Gasteiger partial charge in [0.2, 0.25) is 11.8 Å². The number of hydrazine groups is 1. The molecule has 0 unspecified atom stereocenters. The Labute approximate surface area is 193 Å². The molecule has 2 aromatic heterocycles. The van der Waals surface area contributed by atoms with Crippen LogP contribution in [0.1, 0.15) is 28.8 Å². The largest absolute Gasteiger partial charge is 0.350 e. The number of carbonyl (C=O) groups excluding carboxylic acids is 3. The van der Waals surface area contributed by atoms with E-state index in [-0.39, 0.29) is 42.8 Å². The Bertz CT molecular complexity index is 1470.